The van der Waals surface area contributed by atoms with Crippen molar-refractivity contribution in [3.63, 3.8) is 0 Å². The summed E-state index contributed by atoms with van der Waals surface area (Å²) >= 11 is 0. The van der Waals surface area contributed by atoms with Gasteiger partial charge in [-0.15, -0.1) is 0 Å². The van der Waals surface area contributed by atoms with E-state index in [2.05, 4.69) is 5.32 Å². The Bertz CT molecular complexity index is 166. The van der Waals surface area contributed by atoms with Gasteiger partial charge in [0.25, 0.3) is 0 Å². The second-order valence-corrected chi connectivity index (χ2v) is 2.79. The average molecular weight is 158 g/mol. The quantitative estimate of drug-likeness (QED) is 0.588. The van der Waals surface area contributed by atoms with Crippen LogP contribution in [-0.4, -0.2) is 17.9 Å². The zero-order valence-corrected chi connectivity index (χ0v) is 7.05. The van der Waals surface area contributed by atoms with Crippen molar-refractivity contribution >= 4 is 11.8 Å². The smallest absolute Gasteiger partial charge is 0.239 e. The number of nitrogens with one attached hydrogen (secondary N) is 1. The van der Waals surface area contributed by atoms with Gasteiger partial charge >= 0.3 is 0 Å². The van der Waals surface area contributed by atoms with Gasteiger partial charge in [0.1, 0.15) is 6.04 Å². The van der Waals surface area contributed by atoms with Gasteiger partial charge in [-0.05, 0) is 6.92 Å². The van der Waals surface area contributed by atoms with Crippen molar-refractivity contribution in [3.8, 4) is 0 Å². The number of carbonyl (C=O) groups is 2. The van der Waals surface area contributed by atoms with E-state index in [1.165, 1.54) is 0 Å². The second kappa shape index (κ2) is 3.95. The maximum atomic E-state index is 10.9. The molecule has 0 aliphatic rings. The van der Waals surface area contributed by atoms with Crippen LogP contribution in [0, 0.1) is 5.92 Å². The topological polar surface area (TPSA) is 72.2 Å². The summed E-state index contributed by atoms with van der Waals surface area (Å²) < 4.78 is 0. The van der Waals surface area contributed by atoms with Gasteiger partial charge in [-0.1, -0.05) is 13.8 Å². The first kappa shape index (κ1) is 9.94. The molecule has 0 fully saturated rings. The molecule has 0 bridgehead atoms. The number of rotatable bonds is 3. The molecule has 2 amide bonds. The standard InChI is InChI=1S/C7H14N2O2/c1-4(2)7(11)9-5(3)6(8)10/h4-5H,1-3H3,(H2,8,10)(H,9,11). The minimum atomic E-state index is -0.579. The van der Waals surface area contributed by atoms with Crippen LogP contribution in [0.5, 0.6) is 0 Å². The van der Waals surface area contributed by atoms with Crippen molar-refractivity contribution in [2.75, 3.05) is 0 Å². The fraction of sp³-hybridized carbons (Fsp3) is 0.714. The van der Waals surface area contributed by atoms with Crippen LogP contribution in [-0.2, 0) is 9.59 Å². The predicted molar refractivity (Wildman–Crippen MR) is 41.6 cm³/mol. The van der Waals surface area contributed by atoms with E-state index in [1.54, 1.807) is 20.8 Å². The van der Waals surface area contributed by atoms with E-state index in [1.807, 2.05) is 0 Å². The first-order valence-electron chi connectivity index (χ1n) is 3.54. The molecular formula is C7H14N2O2. The fourth-order valence-electron chi connectivity index (χ4n) is 0.451. The molecular weight excluding hydrogens is 144 g/mol. The van der Waals surface area contributed by atoms with E-state index in [-0.39, 0.29) is 11.8 Å². The summed E-state index contributed by atoms with van der Waals surface area (Å²) in [5.41, 5.74) is 4.93. The summed E-state index contributed by atoms with van der Waals surface area (Å²) in [6.45, 7) is 5.06. The highest BCUT2D eigenvalue weighted by atomic mass is 16.2. The fourth-order valence-corrected chi connectivity index (χ4v) is 0.451. The van der Waals surface area contributed by atoms with Crippen LogP contribution < -0.4 is 11.1 Å². The van der Waals surface area contributed by atoms with Crippen LogP contribution in [0.1, 0.15) is 20.8 Å². The molecule has 11 heavy (non-hydrogen) atoms. The third-order valence-corrected chi connectivity index (χ3v) is 1.31. The summed E-state index contributed by atoms with van der Waals surface area (Å²) in [4.78, 5) is 21.4. The summed E-state index contributed by atoms with van der Waals surface area (Å²) in [6, 6.07) is -0.579. The van der Waals surface area contributed by atoms with Gasteiger partial charge in [0.2, 0.25) is 11.8 Å². The third-order valence-electron chi connectivity index (χ3n) is 1.31. The first-order chi connectivity index (χ1) is 4.95. The van der Waals surface area contributed by atoms with Crippen LogP contribution in [0.2, 0.25) is 0 Å². The number of hydrogen-bond acceptors (Lipinski definition) is 2. The predicted octanol–water partition coefficient (Wildman–Crippen LogP) is -0.368. The van der Waals surface area contributed by atoms with Crippen molar-refractivity contribution in [2.45, 2.75) is 26.8 Å². The minimum Gasteiger partial charge on any atom is -0.368 e. The lowest BCUT2D eigenvalue weighted by molar-refractivity contribution is -0.128. The zero-order valence-electron chi connectivity index (χ0n) is 7.05. The van der Waals surface area contributed by atoms with E-state index in [9.17, 15) is 9.59 Å². The molecule has 0 saturated heterocycles. The van der Waals surface area contributed by atoms with Crippen molar-refractivity contribution in [2.24, 2.45) is 11.7 Å². The lowest BCUT2D eigenvalue weighted by atomic mass is 10.2. The zero-order chi connectivity index (χ0) is 9.02. The molecule has 64 valence electrons. The Hall–Kier alpha value is -1.06. The lowest BCUT2D eigenvalue weighted by Gasteiger charge is -2.11. The van der Waals surface area contributed by atoms with E-state index in [0.29, 0.717) is 0 Å². The second-order valence-electron chi connectivity index (χ2n) is 2.79. The molecule has 0 heterocycles. The van der Waals surface area contributed by atoms with Gasteiger partial charge in [-0.25, -0.2) is 0 Å². The van der Waals surface area contributed by atoms with Gasteiger partial charge in [-0.3, -0.25) is 9.59 Å². The van der Waals surface area contributed by atoms with E-state index < -0.39 is 11.9 Å². The molecule has 1 atom stereocenters. The first-order valence-corrected chi connectivity index (χ1v) is 3.54. The maximum absolute atomic E-state index is 10.9. The largest absolute Gasteiger partial charge is 0.368 e. The highest BCUT2D eigenvalue weighted by Gasteiger charge is 2.13. The average Bonchev–Trinajstić information content (AvgIpc) is 1.87. The van der Waals surface area contributed by atoms with Gasteiger partial charge in [-0.2, -0.15) is 0 Å². The number of carbonyl (C=O) groups excluding carboxylic acids is 2. The Labute approximate surface area is 66.1 Å². The SMILES string of the molecule is CC(C)C(=O)NC(C)C(N)=O. The van der Waals surface area contributed by atoms with Gasteiger partial charge in [0.15, 0.2) is 0 Å². The molecule has 0 aromatic carbocycles. The molecule has 0 aliphatic heterocycles. The molecule has 0 spiro atoms. The highest BCUT2D eigenvalue weighted by molar-refractivity contribution is 5.86. The van der Waals surface area contributed by atoms with Crippen LogP contribution in [0.3, 0.4) is 0 Å². The van der Waals surface area contributed by atoms with Crippen LogP contribution >= 0.6 is 0 Å². The monoisotopic (exact) mass is 158 g/mol. The number of amides is 2. The lowest BCUT2D eigenvalue weighted by Crippen LogP contribution is -2.43. The number of nitrogens with two attached hydrogens (primary N) is 1. The molecule has 0 aromatic rings. The molecule has 3 N–H and O–H groups in total. The van der Waals surface area contributed by atoms with Crippen molar-refractivity contribution in [1.82, 2.24) is 5.32 Å². The summed E-state index contributed by atoms with van der Waals surface area (Å²) in [6.07, 6.45) is 0. The van der Waals surface area contributed by atoms with Crippen LogP contribution in [0.15, 0.2) is 0 Å². The Morgan fingerprint density at radius 1 is 1.27 bits per heavy atom. The minimum absolute atomic E-state index is 0.114. The third kappa shape index (κ3) is 3.60. The molecule has 0 rings (SSSR count). The van der Waals surface area contributed by atoms with E-state index in [4.69, 9.17) is 5.73 Å². The molecule has 0 aromatic heterocycles. The molecule has 1 unspecified atom stereocenters. The van der Waals surface area contributed by atoms with Gasteiger partial charge < -0.3 is 11.1 Å². The maximum Gasteiger partial charge on any atom is 0.239 e. The Balaban J connectivity index is 3.85. The molecule has 0 radical (unpaired) electrons. The molecule has 0 saturated carbocycles. The normalized spacial score (nSPS) is 12.7. The van der Waals surface area contributed by atoms with Gasteiger partial charge in [0.05, 0.1) is 0 Å². The van der Waals surface area contributed by atoms with Crippen LogP contribution in [0.4, 0.5) is 0 Å². The molecule has 0 aliphatic carbocycles. The van der Waals surface area contributed by atoms with Crippen molar-refractivity contribution in [1.29, 1.82) is 0 Å². The number of primary amides is 1. The van der Waals surface area contributed by atoms with Crippen molar-refractivity contribution < 1.29 is 9.59 Å². The Kier molecular flexibility index (Phi) is 3.57. The Morgan fingerprint density at radius 2 is 1.73 bits per heavy atom. The number of hydrogen-bond donors (Lipinski definition) is 2. The summed E-state index contributed by atoms with van der Waals surface area (Å²) in [5, 5.41) is 2.47. The summed E-state index contributed by atoms with van der Waals surface area (Å²) in [5.74, 6) is -0.785. The Morgan fingerprint density at radius 3 is 2.00 bits per heavy atom. The molecule has 4 nitrogen and oxygen atoms in total. The van der Waals surface area contributed by atoms with E-state index in [0.717, 1.165) is 0 Å². The summed E-state index contributed by atoms with van der Waals surface area (Å²) in [7, 11) is 0. The van der Waals surface area contributed by atoms with Crippen molar-refractivity contribution in [3.05, 3.63) is 0 Å². The van der Waals surface area contributed by atoms with Gasteiger partial charge in [0, 0.05) is 5.92 Å². The van der Waals surface area contributed by atoms with E-state index >= 15 is 0 Å². The highest BCUT2D eigenvalue weighted by Crippen LogP contribution is 1.91. The van der Waals surface area contributed by atoms with Crippen LogP contribution in [0.25, 0.3) is 0 Å². The molecule has 4 heteroatoms.